The van der Waals surface area contributed by atoms with E-state index in [1.807, 2.05) is 12.3 Å². The van der Waals surface area contributed by atoms with Crippen molar-refractivity contribution in [2.24, 2.45) is 5.41 Å². The van der Waals surface area contributed by atoms with E-state index in [1.165, 1.54) is 11.3 Å². The minimum Gasteiger partial charge on any atom is -0.477 e. The second kappa shape index (κ2) is 5.99. The van der Waals surface area contributed by atoms with Gasteiger partial charge in [0.1, 0.15) is 16.8 Å². The van der Waals surface area contributed by atoms with Crippen LogP contribution in [0.15, 0.2) is 17.6 Å². The third kappa shape index (κ3) is 3.51. The highest BCUT2D eigenvalue weighted by Crippen LogP contribution is 2.38. The van der Waals surface area contributed by atoms with Gasteiger partial charge < -0.3 is 14.8 Å². The number of H-pyrrole nitrogens is 1. The van der Waals surface area contributed by atoms with Gasteiger partial charge in [0, 0.05) is 23.7 Å². The Morgan fingerprint density at radius 1 is 1.52 bits per heavy atom. The first-order valence-electron chi connectivity index (χ1n) is 6.82. The zero-order valence-corrected chi connectivity index (χ0v) is 13.5. The van der Waals surface area contributed by atoms with E-state index in [1.54, 1.807) is 12.3 Å². The maximum atomic E-state index is 10.9. The molecule has 21 heavy (non-hydrogen) atoms. The molecule has 1 unspecified atom stereocenters. The van der Waals surface area contributed by atoms with Crippen LogP contribution in [0.4, 0.5) is 0 Å². The Bertz CT molecular complexity index is 625. The van der Waals surface area contributed by atoms with Crippen LogP contribution in [0.25, 0.3) is 11.3 Å². The number of carbonyl (C=O) groups is 1. The molecule has 2 rings (SSSR count). The molecule has 0 aliphatic rings. The van der Waals surface area contributed by atoms with Crippen LogP contribution in [0.5, 0.6) is 0 Å². The number of aromatic nitrogens is 2. The standard InChI is InChI=1S/C15H20N2O3S/c1-5-20-12(15(2,3)4)13-17-11(8-21-13)9-6-10(14(18)19)16-7-9/h6-8,12,16H,5H2,1-4H3,(H,18,19). The molecule has 0 saturated carbocycles. The summed E-state index contributed by atoms with van der Waals surface area (Å²) >= 11 is 1.54. The predicted octanol–water partition coefficient (Wildman–Crippen LogP) is 3.96. The number of hydrogen-bond donors (Lipinski definition) is 2. The molecule has 114 valence electrons. The molecule has 2 heterocycles. The van der Waals surface area contributed by atoms with E-state index in [2.05, 4.69) is 30.7 Å². The van der Waals surface area contributed by atoms with Gasteiger partial charge in [0.05, 0.1) is 5.69 Å². The van der Waals surface area contributed by atoms with Gasteiger partial charge in [-0.25, -0.2) is 9.78 Å². The van der Waals surface area contributed by atoms with Crippen molar-refractivity contribution in [3.8, 4) is 11.3 Å². The number of nitrogens with one attached hydrogen (secondary N) is 1. The van der Waals surface area contributed by atoms with Crippen LogP contribution < -0.4 is 0 Å². The predicted molar refractivity (Wildman–Crippen MR) is 82.7 cm³/mol. The second-order valence-electron chi connectivity index (χ2n) is 5.88. The molecule has 5 nitrogen and oxygen atoms in total. The third-order valence-corrected chi connectivity index (χ3v) is 3.96. The number of ether oxygens (including phenoxy) is 1. The molecule has 2 aromatic heterocycles. The van der Waals surface area contributed by atoms with Crippen molar-refractivity contribution in [3.63, 3.8) is 0 Å². The Morgan fingerprint density at radius 3 is 2.76 bits per heavy atom. The summed E-state index contributed by atoms with van der Waals surface area (Å²) in [6, 6.07) is 1.59. The molecular weight excluding hydrogens is 288 g/mol. The molecule has 0 aromatic carbocycles. The fourth-order valence-corrected chi connectivity index (χ4v) is 3.18. The zero-order chi connectivity index (χ0) is 15.6. The zero-order valence-electron chi connectivity index (χ0n) is 12.6. The number of aromatic amines is 1. The highest BCUT2D eigenvalue weighted by molar-refractivity contribution is 7.10. The van der Waals surface area contributed by atoms with E-state index in [9.17, 15) is 4.79 Å². The number of rotatable bonds is 5. The molecule has 0 radical (unpaired) electrons. The Balaban J connectivity index is 2.29. The van der Waals surface area contributed by atoms with Gasteiger partial charge in [-0.1, -0.05) is 20.8 Å². The average molecular weight is 308 g/mol. The first-order chi connectivity index (χ1) is 9.82. The number of thiazole rings is 1. The summed E-state index contributed by atoms with van der Waals surface area (Å²) in [6.07, 6.45) is 1.59. The van der Waals surface area contributed by atoms with Crippen molar-refractivity contribution in [3.05, 3.63) is 28.3 Å². The van der Waals surface area contributed by atoms with Gasteiger partial charge in [0.2, 0.25) is 0 Å². The van der Waals surface area contributed by atoms with Gasteiger partial charge in [-0.3, -0.25) is 0 Å². The van der Waals surface area contributed by atoms with Crippen molar-refractivity contribution in [2.45, 2.75) is 33.8 Å². The van der Waals surface area contributed by atoms with Crippen LogP contribution in [0.3, 0.4) is 0 Å². The molecule has 1 atom stereocenters. The van der Waals surface area contributed by atoms with Gasteiger partial charge in [-0.2, -0.15) is 0 Å². The Kier molecular flexibility index (Phi) is 4.49. The Morgan fingerprint density at radius 2 is 2.24 bits per heavy atom. The van der Waals surface area contributed by atoms with Gasteiger partial charge in [0.25, 0.3) is 0 Å². The maximum absolute atomic E-state index is 10.9. The van der Waals surface area contributed by atoms with E-state index in [0.29, 0.717) is 6.61 Å². The Hall–Kier alpha value is -1.66. The van der Waals surface area contributed by atoms with E-state index in [-0.39, 0.29) is 17.2 Å². The van der Waals surface area contributed by atoms with E-state index >= 15 is 0 Å². The van der Waals surface area contributed by atoms with Crippen LogP contribution in [-0.2, 0) is 4.74 Å². The first kappa shape index (κ1) is 15.7. The molecule has 0 spiro atoms. The summed E-state index contributed by atoms with van der Waals surface area (Å²) in [7, 11) is 0. The summed E-state index contributed by atoms with van der Waals surface area (Å²) in [6.45, 7) is 8.95. The summed E-state index contributed by atoms with van der Waals surface area (Å²) in [4.78, 5) is 18.3. The summed E-state index contributed by atoms with van der Waals surface area (Å²) in [5, 5.41) is 11.8. The number of nitrogens with zero attached hydrogens (tertiary/aromatic N) is 1. The third-order valence-electron chi connectivity index (χ3n) is 3.08. The molecule has 2 N–H and O–H groups in total. The largest absolute Gasteiger partial charge is 0.477 e. The Labute approximate surface area is 128 Å². The van der Waals surface area contributed by atoms with Gasteiger partial charge in [-0.05, 0) is 18.4 Å². The average Bonchev–Trinajstić information content (AvgIpc) is 3.02. The van der Waals surface area contributed by atoms with Crippen molar-refractivity contribution < 1.29 is 14.6 Å². The number of carboxylic acid groups (broad SMARTS) is 1. The van der Waals surface area contributed by atoms with Gasteiger partial charge >= 0.3 is 5.97 Å². The topological polar surface area (TPSA) is 75.2 Å². The van der Waals surface area contributed by atoms with Crippen LogP contribution in [0.1, 0.15) is 49.3 Å². The van der Waals surface area contributed by atoms with Crippen molar-refractivity contribution in [1.82, 2.24) is 9.97 Å². The van der Waals surface area contributed by atoms with Crippen molar-refractivity contribution in [2.75, 3.05) is 6.61 Å². The normalized spacial score (nSPS) is 13.3. The van der Waals surface area contributed by atoms with Gasteiger partial charge in [-0.15, -0.1) is 11.3 Å². The maximum Gasteiger partial charge on any atom is 0.352 e. The summed E-state index contributed by atoms with van der Waals surface area (Å²) < 4.78 is 5.83. The lowest BCUT2D eigenvalue weighted by Gasteiger charge is -2.28. The monoisotopic (exact) mass is 308 g/mol. The number of hydrogen-bond acceptors (Lipinski definition) is 4. The van der Waals surface area contributed by atoms with Crippen LogP contribution in [0.2, 0.25) is 0 Å². The van der Waals surface area contributed by atoms with Crippen molar-refractivity contribution >= 4 is 17.3 Å². The minimum absolute atomic E-state index is 0.0461. The highest BCUT2D eigenvalue weighted by Gasteiger charge is 2.29. The smallest absolute Gasteiger partial charge is 0.352 e. The molecule has 0 saturated heterocycles. The molecule has 0 amide bonds. The fourth-order valence-electron chi connectivity index (χ4n) is 2.06. The van der Waals surface area contributed by atoms with Crippen molar-refractivity contribution in [1.29, 1.82) is 0 Å². The van der Waals surface area contributed by atoms with Gasteiger partial charge in [0.15, 0.2) is 0 Å². The first-order valence-corrected chi connectivity index (χ1v) is 7.70. The SMILES string of the molecule is CCOC(c1nc(-c2c[nH]c(C(=O)O)c2)cs1)C(C)(C)C. The molecular formula is C15H20N2O3S. The highest BCUT2D eigenvalue weighted by atomic mass is 32.1. The molecule has 0 aliphatic carbocycles. The van der Waals surface area contributed by atoms with E-state index in [0.717, 1.165) is 16.3 Å². The van der Waals surface area contributed by atoms with E-state index < -0.39 is 5.97 Å². The molecule has 0 aliphatic heterocycles. The summed E-state index contributed by atoms with van der Waals surface area (Å²) in [5.74, 6) is -0.974. The lowest BCUT2D eigenvalue weighted by molar-refractivity contribution is -0.0133. The quantitative estimate of drug-likeness (QED) is 0.876. The molecule has 2 aromatic rings. The van der Waals surface area contributed by atoms with E-state index in [4.69, 9.17) is 9.84 Å². The summed E-state index contributed by atoms with van der Waals surface area (Å²) in [5.41, 5.74) is 1.67. The fraction of sp³-hybridized carbons (Fsp3) is 0.467. The lowest BCUT2D eigenvalue weighted by atomic mass is 9.89. The molecule has 0 fully saturated rings. The minimum atomic E-state index is -0.974. The second-order valence-corrected chi connectivity index (χ2v) is 6.77. The molecule has 6 heteroatoms. The molecule has 0 bridgehead atoms. The van der Waals surface area contributed by atoms with Crippen LogP contribution in [0, 0.1) is 5.41 Å². The lowest BCUT2D eigenvalue weighted by Crippen LogP contribution is -2.21. The van der Waals surface area contributed by atoms with Crippen LogP contribution >= 0.6 is 11.3 Å². The number of aromatic carboxylic acids is 1. The number of carboxylic acids is 1. The van der Waals surface area contributed by atoms with Crippen LogP contribution in [-0.4, -0.2) is 27.7 Å².